The van der Waals surface area contributed by atoms with Crippen LogP contribution in [0.15, 0.2) is 16.9 Å². The molecule has 3 nitrogen and oxygen atoms in total. The monoisotopic (exact) mass is 253 g/mol. The van der Waals surface area contributed by atoms with Crippen LogP contribution in [0.1, 0.15) is 31.0 Å². The molecular weight excluding hydrogens is 242 g/mol. The molecule has 2 aromatic heterocycles. The Morgan fingerprint density at radius 1 is 1.43 bits per heavy atom. The lowest BCUT2D eigenvalue weighted by Gasteiger charge is -1.97. The van der Waals surface area contributed by atoms with Crippen molar-refractivity contribution in [1.29, 1.82) is 0 Å². The summed E-state index contributed by atoms with van der Waals surface area (Å²) < 4.78 is 2.84. The van der Waals surface area contributed by atoms with Gasteiger partial charge in [0, 0.05) is 12.4 Å². The van der Waals surface area contributed by atoms with Crippen molar-refractivity contribution >= 4 is 21.6 Å². The number of halogens is 1. The van der Waals surface area contributed by atoms with Gasteiger partial charge in [-0.25, -0.2) is 9.50 Å². The topological polar surface area (TPSA) is 30.2 Å². The van der Waals surface area contributed by atoms with E-state index in [1.807, 2.05) is 23.8 Å². The average Bonchev–Trinajstić information content (AvgIpc) is 2.43. The zero-order valence-electron chi connectivity index (χ0n) is 8.45. The summed E-state index contributed by atoms with van der Waals surface area (Å²) in [4.78, 5) is 4.34. The SMILES string of the molecule is Cc1cnc2c(Br)c(C(C)C)nn2c1. The first-order valence-electron chi connectivity index (χ1n) is 4.60. The highest BCUT2D eigenvalue weighted by Gasteiger charge is 2.13. The number of nitrogens with zero attached hydrogens (tertiary/aromatic N) is 3. The second-order valence-corrected chi connectivity index (χ2v) is 4.55. The first-order valence-corrected chi connectivity index (χ1v) is 5.39. The molecular formula is C10H12BrN3. The molecule has 0 fully saturated rings. The number of aryl methyl sites for hydroxylation is 1. The quantitative estimate of drug-likeness (QED) is 0.783. The van der Waals surface area contributed by atoms with Crippen LogP contribution in [0.25, 0.3) is 5.65 Å². The van der Waals surface area contributed by atoms with Crippen molar-refractivity contribution in [2.75, 3.05) is 0 Å². The molecule has 74 valence electrons. The summed E-state index contributed by atoms with van der Waals surface area (Å²) in [5, 5.41) is 4.48. The van der Waals surface area contributed by atoms with E-state index in [4.69, 9.17) is 0 Å². The normalized spacial score (nSPS) is 11.5. The Kier molecular flexibility index (Phi) is 2.31. The standard InChI is InChI=1S/C10H12BrN3/c1-6(2)9-8(11)10-12-4-7(3)5-14(10)13-9/h4-6H,1-3H3. The molecule has 14 heavy (non-hydrogen) atoms. The van der Waals surface area contributed by atoms with Gasteiger partial charge in [0.25, 0.3) is 0 Å². The van der Waals surface area contributed by atoms with Crippen LogP contribution < -0.4 is 0 Å². The highest BCUT2D eigenvalue weighted by atomic mass is 79.9. The van der Waals surface area contributed by atoms with Gasteiger partial charge < -0.3 is 0 Å². The van der Waals surface area contributed by atoms with Gasteiger partial charge in [0.15, 0.2) is 5.65 Å². The van der Waals surface area contributed by atoms with E-state index >= 15 is 0 Å². The van der Waals surface area contributed by atoms with Crippen molar-refractivity contribution in [3.05, 3.63) is 28.1 Å². The number of hydrogen-bond donors (Lipinski definition) is 0. The molecule has 0 unspecified atom stereocenters. The Labute approximate surface area is 91.3 Å². The zero-order valence-corrected chi connectivity index (χ0v) is 10.0. The smallest absolute Gasteiger partial charge is 0.169 e. The van der Waals surface area contributed by atoms with Crippen LogP contribution in [0.4, 0.5) is 0 Å². The molecule has 2 heterocycles. The van der Waals surface area contributed by atoms with Gasteiger partial charge in [0.05, 0.1) is 10.2 Å². The van der Waals surface area contributed by atoms with Gasteiger partial charge in [0.2, 0.25) is 0 Å². The van der Waals surface area contributed by atoms with Crippen molar-refractivity contribution in [2.24, 2.45) is 0 Å². The second-order valence-electron chi connectivity index (χ2n) is 3.75. The number of hydrogen-bond acceptors (Lipinski definition) is 2. The zero-order chi connectivity index (χ0) is 10.3. The molecule has 0 N–H and O–H groups in total. The lowest BCUT2D eigenvalue weighted by atomic mass is 10.1. The third-order valence-corrected chi connectivity index (χ3v) is 2.88. The van der Waals surface area contributed by atoms with Crippen molar-refractivity contribution in [1.82, 2.24) is 14.6 Å². The van der Waals surface area contributed by atoms with Crippen LogP contribution in [0.2, 0.25) is 0 Å². The van der Waals surface area contributed by atoms with E-state index in [1.54, 1.807) is 0 Å². The van der Waals surface area contributed by atoms with Crippen LogP contribution in [-0.4, -0.2) is 14.6 Å². The largest absolute Gasteiger partial charge is 0.236 e. The average molecular weight is 254 g/mol. The van der Waals surface area contributed by atoms with Crippen molar-refractivity contribution in [3.8, 4) is 0 Å². The number of fused-ring (bicyclic) bond motifs is 1. The summed E-state index contributed by atoms with van der Waals surface area (Å²) in [6.45, 7) is 6.26. The summed E-state index contributed by atoms with van der Waals surface area (Å²) in [5.41, 5.74) is 3.06. The molecule has 0 amide bonds. The molecule has 0 bridgehead atoms. The molecule has 4 heteroatoms. The fourth-order valence-electron chi connectivity index (χ4n) is 1.39. The van der Waals surface area contributed by atoms with Crippen molar-refractivity contribution in [2.45, 2.75) is 26.7 Å². The Balaban J connectivity index is 2.73. The predicted octanol–water partition coefficient (Wildman–Crippen LogP) is 2.92. The van der Waals surface area contributed by atoms with Crippen LogP contribution in [0.5, 0.6) is 0 Å². The first-order chi connectivity index (χ1) is 6.59. The van der Waals surface area contributed by atoms with Crippen LogP contribution in [0, 0.1) is 6.92 Å². The number of aromatic nitrogens is 3. The van der Waals surface area contributed by atoms with E-state index in [2.05, 4.69) is 39.9 Å². The minimum absolute atomic E-state index is 0.409. The minimum atomic E-state index is 0.409. The Morgan fingerprint density at radius 3 is 2.79 bits per heavy atom. The molecule has 0 saturated carbocycles. The van der Waals surface area contributed by atoms with Crippen LogP contribution >= 0.6 is 15.9 Å². The molecule has 0 spiro atoms. The van der Waals surface area contributed by atoms with E-state index < -0.39 is 0 Å². The lowest BCUT2D eigenvalue weighted by molar-refractivity contribution is 0.782. The third kappa shape index (κ3) is 1.43. The predicted molar refractivity (Wildman–Crippen MR) is 59.5 cm³/mol. The molecule has 0 saturated heterocycles. The minimum Gasteiger partial charge on any atom is -0.236 e. The maximum absolute atomic E-state index is 4.48. The molecule has 2 aromatic rings. The Bertz CT molecular complexity index is 473. The summed E-state index contributed by atoms with van der Waals surface area (Å²) in [6, 6.07) is 0. The summed E-state index contributed by atoms with van der Waals surface area (Å²) in [5.74, 6) is 0.409. The van der Waals surface area contributed by atoms with Gasteiger partial charge in [-0.15, -0.1) is 0 Å². The molecule has 0 radical (unpaired) electrons. The van der Waals surface area contributed by atoms with Crippen LogP contribution in [0.3, 0.4) is 0 Å². The lowest BCUT2D eigenvalue weighted by Crippen LogP contribution is -1.92. The maximum atomic E-state index is 4.48. The molecule has 0 atom stereocenters. The van der Waals surface area contributed by atoms with Crippen molar-refractivity contribution in [3.63, 3.8) is 0 Å². The fraction of sp³-hybridized carbons (Fsp3) is 0.400. The molecule has 0 aliphatic carbocycles. The Morgan fingerprint density at radius 2 is 2.14 bits per heavy atom. The summed E-state index contributed by atoms with van der Waals surface area (Å²) in [6.07, 6.45) is 3.84. The highest BCUT2D eigenvalue weighted by molar-refractivity contribution is 9.10. The second kappa shape index (κ2) is 3.35. The molecule has 0 aromatic carbocycles. The summed E-state index contributed by atoms with van der Waals surface area (Å²) in [7, 11) is 0. The van der Waals surface area contributed by atoms with E-state index in [-0.39, 0.29) is 0 Å². The van der Waals surface area contributed by atoms with Crippen LogP contribution in [-0.2, 0) is 0 Å². The third-order valence-electron chi connectivity index (χ3n) is 2.12. The number of rotatable bonds is 1. The van der Waals surface area contributed by atoms with Gasteiger partial charge in [0.1, 0.15) is 0 Å². The first kappa shape index (κ1) is 9.65. The molecule has 0 aliphatic rings. The van der Waals surface area contributed by atoms with E-state index in [0.717, 1.165) is 21.4 Å². The van der Waals surface area contributed by atoms with Gasteiger partial charge in [-0.05, 0) is 34.3 Å². The molecule has 2 rings (SSSR count). The maximum Gasteiger partial charge on any atom is 0.169 e. The van der Waals surface area contributed by atoms with E-state index in [0.29, 0.717) is 5.92 Å². The van der Waals surface area contributed by atoms with Gasteiger partial charge >= 0.3 is 0 Å². The molecule has 0 aliphatic heterocycles. The van der Waals surface area contributed by atoms with E-state index in [1.165, 1.54) is 0 Å². The van der Waals surface area contributed by atoms with Gasteiger partial charge in [-0.2, -0.15) is 5.10 Å². The highest BCUT2D eigenvalue weighted by Crippen LogP contribution is 2.26. The van der Waals surface area contributed by atoms with Gasteiger partial charge in [-0.1, -0.05) is 13.8 Å². The van der Waals surface area contributed by atoms with Crippen molar-refractivity contribution < 1.29 is 0 Å². The Hall–Kier alpha value is -0.900. The fourth-order valence-corrected chi connectivity index (χ4v) is 2.21. The summed E-state index contributed by atoms with van der Waals surface area (Å²) >= 11 is 3.53. The van der Waals surface area contributed by atoms with Gasteiger partial charge in [-0.3, -0.25) is 0 Å². The van der Waals surface area contributed by atoms with E-state index in [9.17, 15) is 0 Å².